The Balaban J connectivity index is 1.43. The Kier molecular flexibility index (Phi) is 6.83. The minimum absolute atomic E-state index is 0.0174. The van der Waals surface area contributed by atoms with E-state index in [0.29, 0.717) is 58.0 Å². The lowest BCUT2D eigenvalue weighted by molar-refractivity contribution is 0.0958. The van der Waals surface area contributed by atoms with Crippen molar-refractivity contribution in [2.24, 2.45) is 0 Å². The molecule has 1 saturated carbocycles. The van der Waals surface area contributed by atoms with E-state index in [1.54, 1.807) is 43.7 Å². The SMILES string of the molecule is CCOc1cc2oc(-c3ccc(F)cc3)c(C(=O)NC)c2cc1-c1cccc(C(=O)CC2(c3ncccn3)CC2)c1. The Morgan fingerprint density at radius 3 is 2.44 bits per heavy atom. The molecule has 41 heavy (non-hydrogen) atoms. The first-order valence-electron chi connectivity index (χ1n) is 13.5. The summed E-state index contributed by atoms with van der Waals surface area (Å²) in [6, 6.07) is 18.6. The van der Waals surface area contributed by atoms with Crippen molar-refractivity contribution in [1.29, 1.82) is 0 Å². The van der Waals surface area contributed by atoms with Crippen molar-refractivity contribution in [2.75, 3.05) is 13.7 Å². The standard InChI is InChI=1S/C33H28FN3O4/c1-3-40-27-18-28-25(29(31(39)35-2)30(41-28)20-8-10-23(34)11-9-20)17-24(27)21-6-4-7-22(16-21)26(38)19-33(12-13-33)32-36-14-5-15-37-32/h4-11,14-18H,3,12-13,19H2,1-2H3,(H,35,39). The molecule has 0 unspecified atom stereocenters. The summed E-state index contributed by atoms with van der Waals surface area (Å²) in [6.45, 7) is 2.29. The van der Waals surface area contributed by atoms with Crippen LogP contribution in [0.3, 0.4) is 0 Å². The lowest BCUT2D eigenvalue weighted by Gasteiger charge is -2.14. The smallest absolute Gasteiger partial charge is 0.255 e. The highest BCUT2D eigenvalue weighted by Crippen LogP contribution is 2.50. The average molecular weight is 550 g/mol. The van der Waals surface area contributed by atoms with E-state index in [2.05, 4.69) is 15.3 Å². The Hall–Kier alpha value is -4.85. The number of nitrogens with one attached hydrogen (secondary N) is 1. The number of furan rings is 1. The minimum Gasteiger partial charge on any atom is -0.493 e. The molecular formula is C33H28FN3O4. The number of Topliss-reactive ketones (excluding diaryl/α,β-unsaturated/α-hetero) is 1. The zero-order chi connectivity index (χ0) is 28.6. The largest absolute Gasteiger partial charge is 0.493 e. The first kappa shape index (κ1) is 26.4. The second-order valence-electron chi connectivity index (χ2n) is 10.2. The van der Waals surface area contributed by atoms with Gasteiger partial charge in [0.1, 0.15) is 28.7 Å². The maximum Gasteiger partial charge on any atom is 0.255 e. The molecule has 5 aromatic rings. The molecule has 2 aromatic heterocycles. The lowest BCUT2D eigenvalue weighted by atomic mass is 9.92. The fraction of sp³-hybridized carbons (Fsp3) is 0.212. The predicted molar refractivity (Wildman–Crippen MR) is 153 cm³/mol. The van der Waals surface area contributed by atoms with Crippen LogP contribution in [-0.2, 0) is 5.41 Å². The van der Waals surface area contributed by atoms with Crippen LogP contribution in [0.15, 0.2) is 83.5 Å². The normalized spacial score (nSPS) is 13.6. The second kappa shape index (κ2) is 10.6. The zero-order valence-corrected chi connectivity index (χ0v) is 22.7. The van der Waals surface area contributed by atoms with E-state index in [1.807, 2.05) is 37.3 Å². The van der Waals surface area contributed by atoms with Gasteiger partial charge in [-0.3, -0.25) is 9.59 Å². The molecule has 6 rings (SSSR count). The molecule has 0 radical (unpaired) electrons. The molecular weight excluding hydrogens is 521 g/mol. The van der Waals surface area contributed by atoms with Crippen molar-refractivity contribution in [1.82, 2.24) is 15.3 Å². The van der Waals surface area contributed by atoms with Gasteiger partial charge in [0.05, 0.1) is 12.2 Å². The number of hydrogen-bond donors (Lipinski definition) is 1. The van der Waals surface area contributed by atoms with Gasteiger partial charge in [0, 0.05) is 59.4 Å². The highest BCUT2D eigenvalue weighted by Gasteiger charge is 2.48. The van der Waals surface area contributed by atoms with Crippen LogP contribution in [0.2, 0.25) is 0 Å². The van der Waals surface area contributed by atoms with Gasteiger partial charge in [-0.25, -0.2) is 14.4 Å². The van der Waals surface area contributed by atoms with Gasteiger partial charge in [-0.1, -0.05) is 18.2 Å². The number of aromatic nitrogens is 2. The van der Waals surface area contributed by atoms with E-state index in [9.17, 15) is 14.0 Å². The van der Waals surface area contributed by atoms with Gasteiger partial charge in [0.25, 0.3) is 5.91 Å². The molecule has 1 amide bonds. The van der Waals surface area contributed by atoms with Crippen molar-refractivity contribution < 1.29 is 23.1 Å². The van der Waals surface area contributed by atoms with Gasteiger partial charge in [-0.15, -0.1) is 0 Å². The van der Waals surface area contributed by atoms with Crippen LogP contribution in [0, 0.1) is 5.82 Å². The monoisotopic (exact) mass is 549 g/mol. The number of carbonyl (C=O) groups is 2. The van der Waals surface area contributed by atoms with Crippen LogP contribution in [0.1, 0.15) is 52.7 Å². The third-order valence-corrected chi connectivity index (χ3v) is 7.54. The molecule has 0 atom stereocenters. The summed E-state index contributed by atoms with van der Waals surface area (Å²) in [6.07, 6.45) is 5.52. The third kappa shape index (κ3) is 4.97. The number of halogens is 1. The molecule has 8 heteroatoms. The molecule has 0 spiro atoms. The number of ether oxygens (including phenoxy) is 1. The molecule has 1 fully saturated rings. The average Bonchev–Trinajstić information content (AvgIpc) is 3.69. The van der Waals surface area contributed by atoms with Crippen LogP contribution in [0.5, 0.6) is 5.75 Å². The molecule has 1 aliphatic rings. The number of carbonyl (C=O) groups excluding carboxylic acids is 2. The lowest BCUT2D eigenvalue weighted by Crippen LogP contribution is -2.18. The van der Waals surface area contributed by atoms with E-state index in [-0.39, 0.29) is 22.9 Å². The van der Waals surface area contributed by atoms with Crippen molar-refractivity contribution >= 4 is 22.7 Å². The van der Waals surface area contributed by atoms with E-state index >= 15 is 0 Å². The van der Waals surface area contributed by atoms with E-state index in [0.717, 1.165) is 24.0 Å². The first-order chi connectivity index (χ1) is 19.9. The summed E-state index contributed by atoms with van der Waals surface area (Å²) in [5, 5.41) is 3.27. The molecule has 2 heterocycles. The van der Waals surface area contributed by atoms with Crippen LogP contribution in [0.4, 0.5) is 4.39 Å². The van der Waals surface area contributed by atoms with Crippen molar-refractivity contribution in [3.8, 4) is 28.2 Å². The second-order valence-corrected chi connectivity index (χ2v) is 10.2. The molecule has 0 bridgehead atoms. The summed E-state index contributed by atoms with van der Waals surface area (Å²) < 4.78 is 25.8. The van der Waals surface area contributed by atoms with E-state index in [4.69, 9.17) is 9.15 Å². The number of hydrogen-bond acceptors (Lipinski definition) is 6. The maximum absolute atomic E-state index is 13.6. The van der Waals surface area contributed by atoms with Crippen molar-refractivity contribution in [3.63, 3.8) is 0 Å². The van der Waals surface area contributed by atoms with Gasteiger partial charge in [-0.05, 0) is 67.8 Å². The molecule has 3 aromatic carbocycles. The quantitative estimate of drug-likeness (QED) is 0.204. The number of amides is 1. The Morgan fingerprint density at radius 1 is 1.00 bits per heavy atom. The molecule has 1 N–H and O–H groups in total. The topological polar surface area (TPSA) is 94.3 Å². The molecule has 206 valence electrons. The minimum atomic E-state index is -0.384. The zero-order valence-electron chi connectivity index (χ0n) is 22.7. The van der Waals surface area contributed by atoms with Gasteiger partial charge in [0.2, 0.25) is 0 Å². The maximum atomic E-state index is 13.6. The third-order valence-electron chi connectivity index (χ3n) is 7.54. The number of rotatable bonds is 9. The number of fused-ring (bicyclic) bond motifs is 1. The van der Waals surface area contributed by atoms with Crippen molar-refractivity contribution in [3.05, 3.63) is 102 Å². The Labute approximate surface area is 236 Å². The number of nitrogens with zero attached hydrogens (tertiary/aromatic N) is 2. The van der Waals surface area contributed by atoms with Crippen LogP contribution in [-0.4, -0.2) is 35.3 Å². The predicted octanol–water partition coefficient (Wildman–Crippen LogP) is 6.76. The summed E-state index contributed by atoms with van der Waals surface area (Å²) in [5.41, 5.74) is 3.14. The summed E-state index contributed by atoms with van der Waals surface area (Å²) in [5.74, 6) is 0.908. The highest BCUT2D eigenvalue weighted by atomic mass is 19.1. The summed E-state index contributed by atoms with van der Waals surface area (Å²) in [4.78, 5) is 35.3. The molecule has 7 nitrogen and oxygen atoms in total. The van der Waals surface area contributed by atoms with Crippen molar-refractivity contribution in [2.45, 2.75) is 31.6 Å². The Bertz CT molecular complexity index is 1760. The van der Waals surface area contributed by atoms with Crippen LogP contribution < -0.4 is 10.1 Å². The van der Waals surface area contributed by atoms with Gasteiger partial charge >= 0.3 is 0 Å². The molecule has 1 aliphatic carbocycles. The van der Waals surface area contributed by atoms with Gasteiger partial charge in [0.15, 0.2) is 5.78 Å². The number of ketones is 1. The van der Waals surface area contributed by atoms with Gasteiger partial charge < -0.3 is 14.5 Å². The number of benzene rings is 3. The highest BCUT2D eigenvalue weighted by molar-refractivity contribution is 6.12. The summed E-state index contributed by atoms with van der Waals surface area (Å²) >= 11 is 0. The summed E-state index contributed by atoms with van der Waals surface area (Å²) in [7, 11) is 1.55. The van der Waals surface area contributed by atoms with Crippen LogP contribution in [0.25, 0.3) is 33.4 Å². The molecule has 0 aliphatic heterocycles. The molecule has 0 saturated heterocycles. The van der Waals surface area contributed by atoms with E-state index in [1.165, 1.54) is 12.1 Å². The fourth-order valence-corrected chi connectivity index (χ4v) is 5.25. The van der Waals surface area contributed by atoms with E-state index < -0.39 is 0 Å². The fourth-order valence-electron chi connectivity index (χ4n) is 5.25. The van der Waals surface area contributed by atoms with Gasteiger partial charge in [-0.2, -0.15) is 0 Å². The van der Waals surface area contributed by atoms with Crippen LogP contribution >= 0.6 is 0 Å². The first-order valence-corrected chi connectivity index (χ1v) is 13.5. The Morgan fingerprint density at radius 2 is 1.76 bits per heavy atom.